The van der Waals surface area contributed by atoms with Crippen molar-refractivity contribution in [3.63, 3.8) is 0 Å². The van der Waals surface area contributed by atoms with E-state index in [-0.39, 0.29) is 17.3 Å². The van der Waals surface area contributed by atoms with Crippen molar-refractivity contribution in [2.75, 3.05) is 0 Å². The number of benzene rings is 2. The summed E-state index contributed by atoms with van der Waals surface area (Å²) in [5.74, 6) is -0.0397. The smallest absolute Gasteiger partial charge is 0.247 e. The van der Waals surface area contributed by atoms with Gasteiger partial charge in [0.15, 0.2) is 0 Å². The maximum Gasteiger partial charge on any atom is 0.247 e. The lowest BCUT2D eigenvalue weighted by molar-refractivity contribution is 0.494. The number of sulfonamides is 1. The van der Waals surface area contributed by atoms with Gasteiger partial charge in [0.2, 0.25) is 21.8 Å². The van der Waals surface area contributed by atoms with Gasteiger partial charge in [0, 0.05) is 5.56 Å². The van der Waals surface area contributed by atoms with E-state index in [0.29, 0.717) is 11.5 Å². The van der Waals surface area contributed by atoms with Gasteiger partial charge in [-0.25, -0.2) is 17.5 Å². The summed E-state index contributed by atoms with van der Waals surface area (Å²) in [4.78, 5) is 0.00664. The first-order valence-electron chi connectivity index (χ1n) is 7.50. The predicted octanol–water partition coefficient (Wildman–Crippen LogP) is 2.97. The Hall–Kier alpha value is -2.58. The Morgan fingerprint density at radius 3 is 2.48 bits per heavy atom. The highest BCUT2D eigenvalue weighted by atomic mass is 32.2. The average Bonchev–Trinajstić information content (AvgIpc) is 3.02. The van der Waals surface area contributed by atoms with Gasteiger partial charge >= 0.3 is 0 Å². The van der Waals surface area contributed by atoms with Gasteiger partial charge in [-0.3, -0.25) is 0 Å². The third-order valence-electron chi connectivity index (χ3n) is 3.61. The fourth-order valence-corrected chi connectivity index (χ4v) is 3.49. The van der Waals surface area contributed by atoms with Crippen LogP contribution in [0.5, 0.6) is 0 Å². The Kier molecular flexibility index (Phi) is 4.65. The molecule has 0 amide bonds. The van der Waals surface area contributed by atoms with Crippen LogP contribution in [0.2, 0.25) is 0 Å². The highest BCUT2D eigenvalue weighted by molar-refractivity contribution is 7.89. The number of halogens is 1. The molecule has 0 radical (unpaired) electrons. The number of aryl methyl sites for hydroxylation is 2. The van der Waals surface area contributed by atoms with Crippen molar-refractivity contribution in [2.24, 2.45) is 0 Å². The quantitative estimate of drug-likeness (QED) is 0.755. The SMILES string of the molecule is Cc1ccc(-c2nnc(CNS(=O)(=O)c3ccc(F)cc3C)o2)cc1. The minimum Gasteiger partial charge on any atom is -0.419 e. The number of hydrogen-bond acceptors (Lipinski definition) is 5. The molecule has 2 aromatic carbocycles. The fourth-order valence-electron chi connectivity index (χ4n) is 2.29. The van der Waals surface area contributed by atoms with E-state index in [4.69, 9.17) is 4.42 Å². The van der Waals surface area contributed by atoms with Gasteiger partial charge in [0.25, 0.3) is 0 Å². The van der Waals surface area contributed by atoms with Gasteiger partial charge in [0.1, 0.15) is 5.82 Å². The lowest BCUT2D eigenvalue weighted by Crippen LogP contribution is -2.24. The van der Waals surface area contributed by atoms with E-state index in [2.05, 4.69) is 14.9 Å². The zero-order valence-corrected chi connectivity index (χ0v) is 14.5. The predicted molar refractivity (Wildman–Crippen MR) is 89.6 cm³/mol. The summed E-state index contributed by atoms with van der Waals surface area (Å²) in [7, 11) is -3.81. The molecule has 0 bridgehead atoms. The van der Waals surface area contributed by atoms with Gasteiger partial charge in [-0.15, -0.1) is 10.2 Å². The molecular weight excluding hydrogens is 345 g/mol. The lowest BCUT2D eigenvalue weighted by Gasteiger charge is -2.07. The summed E-state index contributed by atoms with van der Waals surface area (Å²) in [6.45, 7) is 3.34. The van der Waals surface area contributed by atoms with Gasteiger partial charge in [-0.2, -0.15) is 0 Å². The molecule has 6 nitrogen and oxygen atoms in total. The molecule has 0 aliphatic rings. The van der Waals surface area contributed by atoms with E-state index < -0.39 is 15.8 Å². The fraction of sp³-hybridized carbons (Fsp3) is 0.176. The van der Waals surface area contributed by atoms with Crippen molar-refractivity contribution < 1.29 is 17.2 Å². The number of nitrogens with one attached hydrogen (secondary N) is 1. The van der Waals surface area contributed by atoms with Crippen molar-refractivity contribution in [1.29, 1.82) is 0 Å². The summed E-state index contributed by atoms with van der Waals surface area (Å²) in [5.41, 5.74) is 2.17. The highest BCUT2D eigenvalue weighted by Gasteiger charge is 2.18. The number of nitrogens with zero attached hydrogens (tertiary/aromatic N) is 2. The number of hydrogen-bond donors (Lipinski definition) is 1. The normalized spacial score (nSPS) is 11.6. The Labute approximate surface area is 144 Å². The molecule has 0 fully saturated rings. The van der Waals surface area contributed by atoms with E-state index in [1.165, 1.54) is 13.0 Å². The van der Waals surface area contributed by atoms with E-state index in [1.807, 2.05) is 31.2 Å². The molecule has 0 saturated carbocycles. The molecule has 1 heterocycles. The van der Waals surface area contributed by atoms with Crippen LogP contribution in [0.25, 0.3) is 11.5 Å². The monoisotopic (exact) mass is 361 g/mol. The van der Waals surface area contributed by atoms with Crippen LogP contribution >= 0.6 is 0 Å². The third kappa shape index (κ3) is 3.92. The van der Waals surface area contributed by atoms with Crippen LogP contribution in [-0.2, 0) is 16.6 Å². The second kappa shape index (κ2) is 6.73. The summed E-state index contributed by atoms with van der Waals surface area (Å²) in [5, 5.41) is 7.76. The first-order valence-corrected chi connectivity index (χ1v) is 8.99. The molecule has 1 aromatic heterocycles. The van der Waals surface area contributed by atoms with Crippen molar-refractivity contribution in [2.45, 2.75) is 25.3 Å². The molecule has 0 atom stereocenters. The van der Waals surface area contributed by atoms with Crippen LogP contribution in [0, 0.1) is 19.7 Å². The van der Waals surface area contributed by atoms with Crippen molar-refractivity contribution in [1.82, 2.24) is 14.9 Å². The first kappa shape index (κ1) is 17.2. The summed E-state index contributed by atoms with van der Waals surface area (Å²) >= 11 is 0. The second-order valence-corrected chi connectivity index (χ2v) is 7.34. The van der Waals surface area contributed by atoms with Crippen LogP contribution in [0.4, 0.5) is 4.39 Å². The number of rotatable bonds is 5. The van der Waals surface area contributed by atoms with Crippen LogP contribution in [0.15, 0.2) is 51.8 Å². The minimum absolute atomic E-state index is 0.00664. The molecule has 3 aromatic rings. The molecule has 0 aliphatic heterocycles. The van der Waals surface area contributed by atoms with E-state index >= 15 is 0 Å². The second-order valence-electron chi connectivity index (χ2n) is 5.60. The van der Waals surface area contributed by atoms with Gasteiger partial charge in [0.05, 0.1) is 11.4 Å². The molecular formula is C17H16FN3O3S. The van der Waals surface area contributed by atoms with E-state index in [1.54, 1.807) is 0 Å². The maximum atomic E-state index is 13.1. The Balaban J connectivity index is 1.74. The van der Waals surface area contributed by atoms with Crippen molar-refractivity contribution in [3.8, 4) is 11.5 Å². The summed E-state index contributed by atoms with van der Waals surface area (Å²) < 4.78 is 45.6. The zero-order valence-electron chi connectivity index (χ0n) is 13.7. The molecule has 0 unspecified atom stereocenters. The molecule has 0 saturated heterocycles. The number of aromatic nitrogens is 2. The summed E-state index contributed by atoms with van der Waals surface area (Å²) in [6.07, 6.45) is 0. The zero-order chi connectivity index (χ0) is 18.0. The Morgan fingerprint density at radius 1 is 1.08 bits per heavy atom. The largest absolute Gasteiger partial charge is 0.419 e. The van der Waals surface area contributed by atoms with Crippen LogP contribution in [-0.4, -0.2) is 18.6 Å². The minimum atomic E-state index is -3.81. The standard InChI is InChI=1S/C17H16FN3O3S/c1-11-3-5-13(6-4-11)17-21-20-16(24-17)10-19-25(22,23)15-8-7-14(18)9-12(15)2/h3-9,19H,10H2,1-2H3. The van der Waals surface area contributed by atoms with Gasteiger partial charge in [-0.05, 0) is 49.7 Å². The Bertz CT molecular complexity index is 998. The molecule has 8 heteroatoms. The van der Waals surface area contributed by atoms with E-state index in [0.717, 1.165) is 23.3 Å². The van der Waals surface area contributed by atoms with Crippen molar-refractivity contribution in [3.05, 3.63) is 65.3 Å². The first-order chi connectivity index (χ1) is 11.8. The molecule has 0 spiro atoms. The molecule has 0 aliphatic carbocycles. The molecule has 130 valence electrons. The maximum absolute atomic E-state index is 13.1. The molecule has 1 N–H and O–H groups in total. The Morgan fingerprint density at radius 2 is 1.80 bits per heavy atom. The van der Waals surface area contributed by atoms with Gasteiger partial charge < -0.3 is 4.42 Å². The van der Waals surface area contributed by atoms with Crippen molar-refractivity contribution >= 4 is 10.0 Å². The third-order valence-corrected chi connectivity index (χ3v) is 5.17. The highest BCUT2D eigenvalue weighted by Crippen LogP contribution is 2.19. The van der Waals surface area contributed by atoms with E-state index in [9.17, 15) is 12.8 Å². The van der Waals surface area contributed by atoms with Crippen LogP contribution < -0.4 is 4.72 Å². The average molecular weight is 361 g/mol. The molecule has 3 rings (SSSR count). The van der Waals surface area contributed by atoms with Crippen LogP contribution in [0.1, 0.15) is 17.0 Å². The summed E-state index contributed by atoms with van der Waals surface area (Å²) in [6, 6.07) is 11.0. The topological polar surface area (TPSA) is 85.1 Å². The lowest BCUT2D eigenvalue weighted by atomic mass is 10.1. The van der Waals surface area contributed by atoms with Gasteiger partial charge in [-0.1, -0.05) is 17.7 Å². The van der Waals surface area contributed by atoms with Crippen LogP contribution in [0.3, 0.4) is 0 Å². The molecule has 25 heavy (non-hydrogen) atoms.